The first-order chi connectivity index (χ1) is 7.65. The Bertz CT molecular complexity index is 290. The molecule has 0 bridgehead atoms. The van der Waals surface area contributed by atoms with Crippen LogP contribution in [0.5, 0.6) is 0 Å². The van der Waals surface area contributed by atoms with E-state index in [1.54, 1.807) is 0 Å². The number of hydrogen-bond donors (Lipinski definition) is 1. The Labute approximate surface area is 96.9 Å². The van der Waals surface area contributed by atoms with Gasteiger partial charge in [0.15, 0.2) is 0 Å². The standard InChI is InChI=1S/C12H21N3O/c1-8(2)12(16)15-10-6-4-3-5-9(10)7-11(15)14-13/h8-11,14H,3-7H2,1-2H3. The van der Waals surface area contributed by atoms with Gasteiger partial charge in [-0.25, -0.2) is 0 Å². The van der Waals surface area contributed by atoms with Gasteiger partial charge >= 0.3 is 0 Å². The van der Waals surface area contributed by atoms with Gasteiger partial charge < -0.3 is 10.6 Å². The predicted octanol–water partition coefficient (Wildman–Crippen LogP) is 0.862. The van der Waals surface area contributed by atoms with Crippen LogP contribution >= 0.6 is 0 Å². The lowest BCUT2D eigenvalue weighted by Crippen LogP contribution is -2.77. The molecule has 1 aliphatic heterocycles. The maximum absolute atomic E-state index is 12.1. The summed E-state index contributed by atoms with van der Waals surface area (Å²) in [6.07, 6.45) is 5.51. The first-order valence-electron chi connectivity index (χ1n) is 6.37. The quantitative estimate of drug-likeness (QED) is 0.694. The number of rotatable bonds is 2. The molecule has 16 heavy (non-hydrogen) atoms. The van der Waals surface area contributed by atoms with Gasteiger partial charge in [-0.2, -0.15) is 0 Å². The maximum atomic E-state index is 12.1. The number of hydrogen-bond acceptors (Lipinski definition) is 1. The molecule has 1 N–H and O–H groups in total. The Kier molecular flexibility index (Phi) is 3.26. The molecule has 2 aliphatic rings. The van der Waals surface area contributed by atoms with Crippen LogP contribution in [-0.4, -0.2) is 23.0 Å². The van der Waals surface area contributed by atoms with E-state index in [4.69, 9.17) is 0 Å². The number of fused-ring (bicyclic) bond motifs is 1. The van der Waals surface area contributed by atoms with Crippen molar-refractivity contribution in [2.75, 3.05) is 0 Å². The van der Waals surface area contributed by atoms with Crippen LogP contribution in [0.1, 0.15) is 46.0 Å². The largest absolute Gasteiger partial charge is 0.507 e. The van der Waals surface area contributed by atoms with Crippen LogP contribution in [0, 0.1) is 11.8 Å². The first kappa shape index (κ1) is 11.6. The number of carbonyl (C=O) groups excluding carboxylic acids is 1. The molecule has 1 amide bonds. The van der Waals surface area contributed by atoms with Crippen LogP contribution in [0.4, 0.5) is 0 Å². The molecule has 0 radical (unpaired) electrons. The fourth-order valence-corrected chi connectivity index (χ4v) is 3.19. The summed E-state index contributed by atoms with van der Waals surface area (Å²) < 4.78 is 0. The fraction of sp³-hybridized carbons (Fsp3) is 0.917. The van der Waals surface area contributed by atoms with Gasteiger partial charge in [-0.15, -0.1) is 0 Å². The molecule has 1 heterocycles. The third-order valence-electron chi connectivity index (χ3n) is 3.99. The maximum Gasteiger partial charge on any atom is 0.230 e. The molecule has 2 rings (SSSR count). The first-order valence-corrected chi connectivity index (χ1v) is 6.37. The molecular weight excluding hydrogens is 202 g/mol. The average Bonchev–Trinajstić information content (AvgIpc) is 2.66. The van der Waals surface area contributed by atoms with Crippen LogP contribution < -0.4 is 5.11 Å². The Morgan fingerprint density at radius 1 is 1.38 bits per heavy atom. The number of nitrogens with one attached hydrogen (secondary N) is 1. The summed E-state index contributed by atoms with van der Waals surface area (Å²) in [5.74, 6) is 0.763. The second kappa shape index (κ2) is 4.52. The second-order valence-electron chi connectivity index (χ2n) is 5.39. The highest BCUT2D eigenvalue weighted by molar-refractivity contribution is 5.79. The second-order valence-corrected chi connectivity index (χ2v) is 5.39. The van der Waals surface area contributed by atoms with Gasteiger partial charge in [-0.05, 0) is 18.8 Å². The predicted molar refractivity (Wildman–Crippen MR) is 60.2 cm³/mol. The van der Waals surface area contributed by atoms with E-state index < -0.39 is 0 Å². The number of likely N-dealkylation sites (tertiary alicyclic amines) is 1. The molecule has 0 spiro atoms. The zero-order chi connectivity index (χ0) is 11.7. The van der Waals surface area contributed by atoms with E-state index in [2.05, 4.69) is 5.11 Å². The number of amides is 1. The van der Waals surface area contributed by atoms with Gasteiger partial charge in [0.2, 0.25) is 12.1 Å². The van der Waals surface area contributed by atoms with Gasteiger partial charge in [0.25, 0.3) is 0 Å². The van der Waals surface area contributed by atoms with Crippen molar-refractivity contribution < 1.29 is 9.91 Å². The van der Waals surface area contributed by atoms with Crippen LogP contribution in [0.3, 0.4) is 0 Å². The van der Waals surface area contributed by atoms with Crippen LogP contribution in [0.15, 0.2) is 0 Å². The third-order valence-corrected chi connectivity index (χ3v) is 3.99. The lowest BCUT2D eigenvalue weighted by molar-refractivity contribution is -0.546. The highest BCUT2D eigenvalue weighted by atomic mass is 16.2. The molecule has 2 fully saturated rings. The van der Waals surface area contributed by atoms with E-state index in [0.717, 1.165) is 12.8 Å². The van der Waals surface area contributed by atoms with Crippen molar-refractivity contribution in [3.05, 3.63) is 5.53 Å². The van der Waals surface area contributed by atoms with Crippen molar-refractivity contribution in [1.82, 2.24) is 4.90 Å². The van der Waals surface area contributed by atoms with Crippen molar-refractivity contribution in [1.29, 1.82) is 0 Å². The molecule has 1 saturated heterocycles. The highest BCUT2D eigenvalue weighted by Gasteiger charge is 2.46. The summed E-state index contributed by atoms with van der Waals surface area (Å²) in [5.41, 5.74) is 9.17. The van der Waals surface area contributed by atoms with Crippen LogP contribution in [-0.2, 0) is 4.79 Å². The number of nitrogens with zero attached hydrogens (tertiary/aromatic N) is 2. The van der Waals surface area contributed by atoms with Crippen molar-refractivity contribution in [2.24, 2.45) is 11.8 Å². The zero-order valence-electron chi connectivity index (χ0n) is 10.1. The van der Waals surface area contributed by atoms with E-state index in [1.165, 1.54) is 19.3 Å². The minimum atomic E-state index is -0.164. The average molecular weight is 223 g/mol. The Morgan fingerprint density at radius 2 is 2.06 bits per heavy atom. The molecule has 1 aliphatic carbocycles. The smallest absolute Gasteiger partial charge is 0.230 e. The lowest BCUT2D eigenvalue weighted by Gasteiger charge is -2.32. The fourth-order valence-electron chi connectivity index (χ4n) is 3.19. The topological polar surface area (TPSA) is 56.6 Å². The summed E-state index contributed by atoms with van der Waals surface area (Å²) >= 11 is 0. The van der Waals surface area contributed by atoms with Gasteiger partial charge in [-0.3, -0.25) is 9.69 Å². The summed E-state index contributed by atoms with van der Waals surface area (Å²) in [5, 5.41) is 2.31. The Hall–Kier alpha value is -0.930. The van der Waals surface area contributed by atoms with Crippen LogP contribution in [0.25, 0.3) is 5.53 Å². The van der Waals surface area contributed by atoms with Crippen molar-refractivity contribution >= 4 is 5.91 Å². The van der Waals surface area contributed by atoms with Crippen LogP contribution in [0.2, 0.25) is 0 Å². The molecular formula is C12H21N3O. The summed E-state index contributed by atoms with van der Waals surface area (Å²) in [6.45, 7) is 3.85. The van der Waals surface area contributed by atoms with Gasteiger partial charge in [0.1, 0.15) is 0 Å². The van der Waals surface area contributed by atoms with Gasteiger partial charge in [0, 0.05) is 18.4 Å². The molecule has 0 aromatic heterocycles. The molecule has 4 heteroatoms. The summed E-state index contributed by atoms with van der Waals surface area (Å²) in [7, 11) is 0. The minimum absolute atomic E-state index is 0.0107. The van der Waals surface area contributed by atoms with E-state index in [1.807, 2.05) is 18.7 Å². The monoisotopic (exact) mass is 223 g/mol. The van der Waals surface area contributed by atoms with Gasteiger partial charge in [0.05, 0.1) is 0 Å². The number of carbonyl (C=O) groups is 1. The normalized spacial score (nSPS) is 33.9. The Morgan fingerprint density at radius 3 is 2.69 bits per heavy atom. The summed E-state index contributed by atoms with van der Waals surface area (Å²) in [4.78, 5) is 14.0. The van der Waals surface area contributed by atoms with Gasteiger partial charge in [-0.1, -0.05) is 26.7 Å². The van der Waals surface area contributed by atoms with E-state index >= 15 is 0 Å². The van der Waals surface area contributed by atoms with Crippen molar-refractivity contribution in [2.45, 2.75) is 58.2 Å². The molecule has 0 aromatic carbocycles. The lowest BCUT2D eigenvalue weighted by atomic mass is 9.85. The Balaban J connectivity index is 2.18. The minimum Gasteiger partial charge on any atom is -0.507 e. The molecule has 3 atom stereocenters. The van der Waals surface area contributed by atoms with E-state index in [-0.39, 0.29) is 18.0 Å². The highest BCUT2D eigenvalue weighted by Crippen LogP contribution is 2.38. The molecule has 4 nitrogen and oxygen atoms in total. The van der Waals surface area contributed by atoms with E-state index in [9.17, 15) is 10.3 Å². The SMILES string of the molecule is CC(C)C(=O)N1C([NH+]=[N-])CC2CCCCC21. The molecule has 1 saturated carbocycles. The molecule has 3 unspecified atom stereocenters. The zero-order valence-corrected chi connectivity index (χ0v) is 10.1. The molecule has 0 aromatic rings. The van der Waals surface area contributed by atoms with Crippen molar-refractivity contribution in [3.63, 3.8) is 0 Å². The molecule has 90 valence electrons. The summed E-state index contributed by atoms with van der Waals surface area (Å²) in [6, 6.07) is 0.355. The third kappa shape index (κ3) is 1.85. The van der Waals surface area contributed by atoms with Crippen molar-refractivity contribution in [3.8, 4) is 0 Å². The van der Waals surface area contributed by atoms with E-state index in [0.29, 0.717) is 12.0 Å².